The second kappa shape index (κ2) is 6.51. The smallest absolute Gasteiger partial charge is 0.248 e. The zero-order valence-electron chi connectivity index (χ0n) is 10.6. The van der Waals surface area contributed by atoms with E-state index in [9.17, 15) is 14.3 Å². The standard InChI is InChI=1S/C12H19FN2O3/c1-4-15(7-8(2)12(17)14-3)11-5-9(16)10(6-13)18-11/h4,7,9-11,16H,1,5-6H2,2-3H3,(H,14,17)/b8-7-. The number of aliphatic hydroxyl groups is 1. The zero-order chi connectivity index (χ0) is 13.7. The third kappa shape index (κ3) is 3.30. The highest BCUT2D eigenvalue weighted by molar-refractivity contribution is 5.92. The van der Waals surface area contributed by atoms with Gasteiger partial charge in [0.1, 0.15) is 19.0 Å². The van der Waals surface area contributed by atoms with E-state index in [0.29, 0.717) is 5.57 Å². The normalized spacial score (nSPS) is 28.0. The second-order valence-corrected chi connectivity index (χ2v) is 4.11. The van der Waals surface area contributed by atoms with Gasteiger partial charge in [0.15, 0.2) is 0 Å². The van der Waals surface area contributed by atoms with Gasteiger partial charge in [0.25, 0.3) is 0 Å². The monoisotopic (exact) mass is 258 g/mol. The first-order valence-corrected chi connectivity index (χ1v) is 5.73. The lowest BCUT2D eigenvalue weighted by Gasteiger charge is -2.23. The second-order valence-electron chi connectivity index (χ2n) is 4.11. The highest BCUT2D eigenvalue weighted by Gasteiger charge is 2.35. The Hall–Kier alpha value is -1.40. The van der Waals surface area contributed by atoms with Crippen LogP contribution < -0.4 is 5.32 Å². The van der Waals surface area contributed by atoms with Gasteiger partial charge in [-0.1, -0.05) is 6.58 Å². The van der Waals surface area contributed by atoms with Crippen LogP contribution in [0.2, 0.25) is 0 Å². The van der Waals surface area contributed by atoms with Gasteiger partial charge in [-0.25, -0.2) is 4.39 Å². The van der Waals surface area contributed by atoms with Crippen LogP contribution in [0, 0.1) is 0 Å². The molecule has 0 aromatic rings. The van der Waals surface area contributed by atoms with Gasteiger partial charge in [-0.05, 0) is 13.1 Å². The average Bonchev–Trinajstić information content (AvgIpc) is 2.75. The molecule has 1 heterocycles. The maximum Gasteiger partial charge on any atom is 0.248 e. The summed E-state index contributed by atoms with van der Waals surface area (Å²) in [4.78, 5) is 12.9. The van der Waals surface area contributed by atoms with Crippen LogP contribution in [-0.2, 0) is 9.53 Å². The van der Waals surface area contributed by atoms with Gasteiger partial charge in [-0.3, -0.25) is 4.79 Å². The first kappa shape index (κ1) is 14.7. The zero-order valence-corrected chi connectivity index (χ0v) is 10.6. The van der Waals surface area contributed by atoms with Crippen molar-refractivity contribution in [3.63, 3.8) is 0 Å². The maximum absolute atomic E-state index is 12.5. The SMILES string of the molecule is C=CN(/C=C(/C)C(=O)NC)C1CC(O)C(CF)O1. The van der Waals surface area contributed by atoms with Crippen LogP contribution in [0.4, 0.5) is 4.39 Å². The van der Waals surface area contributed by atoms with Crippen molar-refractivity contribution >= 4 is 5.91 Å². The number of nitrogens with one attached hydrogen (secondary N) is 1. The summed E-state index contributed by atoms with van der Waals surface area (Å²) in [5.41, 5.74) is 0.471. The average molecular weight is 258 g/mol. The van der Waals surface area contributed by atoms with Gasteiger partial charge >= 0.3 is 0 Å². The third-order valence-corrected chi connectivity index (χ3v) is 2.83. The van der Waals surface area contributed by atoms with Crippen molar-refractivity contribution in [3.05, 3.63) is 24.6 Å². The minimum atomic E-state index is -0.837. The van der Waals surface area contributed by atoms with Gasteiger partial charge in [-0.2, -0.15) is 0 Å². The molecule has 0 aromatic carbocycles. The van der Waals surface area contributed by atoms with E-state index in [1.54, 1.807) is 18.0 Å². The van der Waals surface area contributed by atoms with Gasteiger partial charge < -0.3 is 20.1 Å². The van der Waals surface area contributed by atoms with Crippen LogP contribution in [0.25, 0.3) is 0 Å². The van der Waals surface area contributed by atoms with E-state index >= 15 is 0 Å². The van der Waals surface area contributed by atoms with Crippen molar-refractivity contribution in [2.45, 2.75) is 31.8 Å². The van der Waals surface area contributed by atoms with Crippen molar-refractivity contribution in [2.75, 3.05) is 13.7 Å². The predicted octanol–water partition coefficient (Wildman–Crippen LogP) is 0.527. The molecule has 5 nitrogen and oxygen atoms in total. The molecular weight excluding hydrogens is 239 g/mol. The highest BCUT2D eigenvalue weighted by atomic mass is 19.1. The fourth-order valence-corrected chi connectivity index (χ4v) is 1.77. The number of amides is 1. The van der Waals surface area contributed by atoms with Gasteiger partial charge in [-0.15, -0.1) is 0 Å². The summed E-state index contributed by atoms with van der Waals surface area (Å²) in [6, 6.07) is 0. The molecule has 0 aromatic heterocycles. The van der Waals surface area contributed by atoms with E-state index in [1.807, 2.05) is 0 Å². The minimum absolute atomic E-state index is 0.220. The van der Waals surface area contributed by atoms with Gasteiger partial charge in [0, 0.05) is 25.2 Å². The van der Waals surface area contributed by atoms with E-state index in [0.717, 1.165) is 0 Å². The fourth-order valence-electron chi connectivity index (χ4n) is 1.77. The number of aliphatic hydroxyl groups excluding tert-OH is 1. The Morgan fingerprint density at radius 1 is 1.72 bits per heavy atom. The number of carbonyl (C=O) groups excluding carboxylic acids is 1. The lowest BCUT2D eigenvalue weighted by atomic mass is 10.2. The molecule has 1 amide bonds. The predicted molar refractivity (Wildman–Crippen MR) is 65.1 cm³/mol. The van der Waals surface area contributed by atoms with Crippen molar-refractivity contribution in [1.82, 2.24) is 10.2 Å². The van der Waals surface area contributed by atoms with Crippen LogP contribution in [0.3, 0.4) is 0 Å². The molecule has 0 saturated carbocycles. The molecule has 1 rings (SSSR count). The largest absolute Gasteiger partial charge is 0.390 e. The third-order valence-electron chi connectivity index (χ3n) is 2.83. The number of rotatable bonds is 5. The lowest BCUT2D eigenvalue weighted by Crippen LogP contribution is -2.28. The molecule has 1 fully saturated rings. The molecule has 6 heteroatoms. The van der Waals surface area contributed by atoms with Crippen molar-refractivity contribution in [3.8, 4) is 0 Å². The first-order chi connectivity index (χ1) is 8.53. The molecule has 0 radical (unpaired) electrons. The van der Waals surface area contributed by atoms with Crippen molar-refractivity contribution in [1.29, 1.82) is 0 Å². The van der Waals surface area contributed by atoms with Crippen LogP contribution in [-0.4, -0.2) is 48.1 Å². The first-order valence-electron chi connectivity index (χ1n) is 5.73. The number of carbonyl (C=O) groups is 1. The Labute approximate surface area is 106 Å². The highest BCUT2D eigenvalue weighted by Crippen LogP contribution is 2.24. The molecule has 3 unspecified atom stereocenters. The van der Waals surface area contributed by atoms with E-state index in [1.165, 1.54) is 13.2 Å². The van der Waals surface area contributed by atoms with Crippen LogP contribution in [0.1, 0.15) is 13.3 Å². The number of hydrogen-bond donors (Lipinski definition) is 2. The molecule has 0 bridgehead atoms. The Morgan fingerprint density at radius 2 is 2.39 bits per heavy atom. The molecular formula is C12H19FN2O3. The summed E-state index contributed by atoms with van der Waals surface area (Å²) in [6.45, 7) is 4.52. The summed E-state index contributed by atoms with van der Waals surface area (Å²) in [7, 11) is 1.53. The molecule has 3 atom stereocenters. The van der Waals surface area contributed by atoms with Crippen LogP contribution in [0.5, 0.6) is 0 Å². The molecule has 1 saturated heterocycles. The van der Waals surface area contributed by atoms with Gasteiger partial charge in [0.05, 0.1) is 6.10 Å². The van der Waals surface area contributed by atoms with Crippen molar-refractivity contribution in [2.24, 2.45) is 0 Å². The van der Waals surface area contributed by atoms with E-state index in [2.05, 4.69) is 11.9 Å². The maximum atomic E-state index is 12.5. The molecule has 1 aliphatic rings. The Balaban J connectivity index is 2.74. The summed E-state index contributed by atoms with van der Waals surface area (Å²) in [5.74, 6) is -0.220. The van der Waals surface area contributed by atoms with E-state index < -0.39 is 25.1 Å². The Bertz CT molecular complexity index is 346. The summed E-state index contributed by atoms with van der Waals surface area (Å²) < 4.78 is 17.9. The molecule has 18 heavy (non-hydrogen) atoms. The summed E-state index contributed by atoms with van der Waals surface area (Å²) in [6.07, 6.45) is 1.16. The molecule has 2 N–H and O–H groups in total. The number of halogens is 1. The molecule has 0 aliphatic carbocycles. The van der Waals surface area contributed by atoms with Crippen LogP contribution in [0.15, 0.2) is 24.6 Å². The quantitative estimate of drug-likeness (QED) is 0.706. The topological polar surface area (TPSA) is 61.8 Å². The fraction of sp³-hybridized carbons (Fsp3) is 0.583. The summed E-state index contributed by atoms with van der Waals surface area (Å²) >= 11 is 0. The van der Waals surface area contributed by atoms with Gasteiger partial charge in [0.2, 0.25) is 5.91 Å². The van der Waals surface area contributed by atoms with E-state index in [4.69, 9.17) is 4.74 Å². The summed E-state index contributed by atoms with van der Waals surface area (Å²) in [5, 5.41) is 12.1. The number of hydrogen-bond acceptors (Lipinski definition) is 4. The number of alkyl halides is 1. The molecule has 0 spiro atoms. The Kier molecular flexibility index (Phi) is 5.30. The van der Waals surface area contributed by atoms with Crippen LogP contribution >= 0.6 is 0 Å². The number of ether oxygens (including phenoxy) is 1. The number of nitrogens with zero attached hydrogens (tertiary/aromatic N) is 1. The lowest BCUT2D eigenvalue weighted by molar-refractivity contribution is -0.117. The minimum Gasteiger partial charge on any atom is -0.390 e. The molecule has 1 aliphatic heterocycles. The number of likely N-dealkylation sites (N-methyl/N-ethyl adjacent to an activating group) is 1. The Morgan fingerprint density at radius 3 is 2.83 bits per heavy atom. The molecule has 102 valence electrons. The van der Waals surface area contributed by atoms with Crippen molar-refractivity contribution < 1.29 is 19.0 Å². The van der Waals surface area contributed by atoms with E-state index in [-0.39, 0.29) is 12.3 Å².